The molecule has 3 amide bonds. The largest absolute Gasteiger partial charge is 0.308 e. The minimum absolute atomic E-state index is 0.0327. The van der Waals surface area contributed by atoms with Crippen LogP contribution in [0.5, 0.6) is 0 Å². The molecule has 164 valence electrons. The maximum absolute atomic E-state index is 11.6. The molecule has 1 aromatic carbocycles. The summed E-state index contributed by atoms with van der Waals surface area (Å²) in [5, 5.41) is 0. The van der Waals surface area contributed by atoms with Gasteiger partial charge in [0.1, 0.15) is 10.7 Å². The van der Waals surface area contributed by atoms with Crippen LogP contribution < -0.4 is 27.4 Å². The Morgan fingerprint density at radius 2 is 1.77 bits per heavy atom. The molecule has 14 heteroatoms. The number of benzene rings is 1. The highest BCUT2D eigenvalue weighted by atomic mass is 32.2. The lowest BCUT2D eigenvalue weighted by molar-refractivity contribution is -0.121. The van der Waals surface area contributed by atoms with Gasteiger partial charge in [0.15, 0.2) is 6.29 Å². The number of aromatic nitrogens is 1. The second-order valence-corrected chi connectivity index (χ2v) is 7.32. The van der Waals surface area contributed by atoms with Gasteiger partial charge in [-0.05, 0) is 18.2 Å². The monoisotopic (exact) mass is 450 g/mol. The standard InChI is InChI=1S/C11H9NO6S.C6H9N5O/c13-6-7-2-1-3-8(11(7)19(16,17)18)12-9(14)4-5-10(12)15;7-10-5-2-1-4(3-9-5)6(12)11-8/h1-3,6H,4-5H2,(H,16,17,18);1-3H,7-8H2,(H,9,10)(H,11,12). The molecule has 0 aliphatic carbocycles. The molecule has 2 aromatic rings. The lowest BCUT2D eigenvalue weighted by Crippen LogP contribution is -2.30. The fraction of sp³-hybridized carbons (Fsp3) is 0.118. The minimum atomic E-state index is -4.74. The van der Waals surface area contributed by atoms with Crippen molar-refractivity contribution >= 4 is 45.6 Å². The van der Waals surface area contributed by atoms with Gasteiger partial charge >= 0.3 is 0 Å². The SMILES string of the molecule is NNC(=O)c1ccc(NN)nc1.O=Cc1cccc(N2C(=O)CCC2=O)c1S(=O)(=O)O. The van der Waals surface area contributed by atoms with Crippen LogP contribution in [0.3, 0.4) is 0 Å². The summed E-state index contributed by atoms with van der Waals surface area (Å²) in [6.45, 7) is 0. The molecular formula is C17H18N6O7S. The predicted molar refractivity (Wildman–Crippen MR) is 107 cm³/mol. The molecule has 7 N–H and O–H groups in total. The number of rotatable bonds is 5. The highest BCUT2D eigenvalue weighted by molar-refractivity contribution is 7.86. The second-order valence-electron chi connectivity index (χ2n) is 5.96. The van der Waals surface area contributed by atoms with Crippen LogP contribution in [0.1, 0.15) is 33.6 Å². The molecular weight excluding hydrogens is 432 g/mol. The van der Waals surface area contributed by atoms with Gasteiger partial charge in [0.25, 0.3) is 16.0 Å². The summed E-state index contributed by atoms with van der Waals surface area (Å²) in [6.07, 6.45) is 1.54. The van der Waals surface area contributed by atoms with Crippen LogP contribution in [0.4, 0.5) is 11.5 Å². The topological polar surface area (TPSA) is 215 Å². The average molecular weight is 450 g/mol. The first-order valence-corrected chi connectivity index (χ1v) is 9.93. The number of carbonyl (C=O) groups excluding carboxylic acids is 4. The number of amides is 3. The third-order valence-corrected chi connectivity index (χ3v) is 4.97. The lowest BCUT2D eigenvalue weighted by Gasteiger charge is -2.17. The fourth-order valence-corrected chi connectivity index (χ4v) is 3.47. The van der Waals surface area contributed by atoms with E-state index >= 15 is 0 Å². The van der Waals surface area contributed by atoms with Crippen molar-refractivity contribution in [1.82, 2.24) is 10.4 Å². The Morgan fingerprint density at radius 1 is 1.13 bits per heavy atom. The first-order chi connectivity index (χ1) is 14.6. The van der Waals surface area contributed by atoms with Gasteiger partial charge in [0.2, 0.25) is 11.8 Å². The smallest absolute Gasteiger partial charge is 0.297 e. The zero-order valence-corrected chi connectivity index (χ0v) is 16.6. The third kappa shape index (κ3) is 5.46. The van der Waals surface area contributed by atoms with Gasteiger partial charge in [0, 0.05) is 24.6 Å². The van der Waals surface area contributed by atoms with Crippen LogP contribution in [-0.4, -0.2) is 42.0 Å². The van der Waals surface area contributed by atoms with Crippen LogP contribution in [0.15, 0.2) is 41.4 Å². The summed E-state index contributed by atoms with van der Waals surface area (Å²) in [4.78, 5) is 48.7. The van der Waals surface area contributed by atoms with Gasteiger partial charge in [0.05, 0.1) is 11.3 Å². The molecule has 0 spiro atoms. The number of carbonyl (C=O) groups is 4. The van der Waals surface area contributed by atoms with Gasteiger partial charge in [-0.25, -0.2) is 21.6 Å². The summed E-state index contributed by atoms with van der Waals surface area (Å²) in [6, 6.07) is 6.82. The molecule has 0 unspecified atom stereocenters. The van der Waals surface area contributed by atoms with E-state index in [1.165, 1.54) is 24.4 Å². The summed E-state index contributed by atoms with van der Waals surface area (Å²) < 4.78 is 31.9. The van der Waals surface area contributed by atoms with Crippen LogP contribution >= 0.6 is 0 Å². The summed E-state index contributed by atoms with van der Waals surface area (Å²) in [7, 11) is -4.74. The quantitative estimate of drug-likeness (QED) is 0.0965. The maximum atomic E-state index is 11.6. The molecule has 2 heterocycles. The van der Waals surface area contributed by atoms with Crippen molar-refractivity contribution in [2.24, 2.45) is 11.7 Å². The molecule has 1 aliphatic rings. The third-order valence-electron chi connectivity index (χ3n) is 4.01. The van der Waals surface area contributed by atoms with Gasteiger partial charge < -0.3 is 5.43 Å². The van der Waals surface area contributed by atoms with Gasteiger partial charge in [-0.3, -0.25) is 29.2 Å². The van der Waals surface area contributed by atoms with E-state index in [2.05, 4.69) is 10.4 Å². The number of aldehydes is 1. The van der Waals surface area contributed by atoms with E-state index in [1.807, 2.05) is 5.43 Å². The average Bonchev–Trinajstić information content (AvgIpc) is 3.10. The summed E-state index contributed by atoms with van der Waals surface area (Å²) >= 11 is 0. The van der Waals surface area contributed by atoms with Crippen molar-refractivity contribution in [1.29, 1.82) is 0 Å². The molecule has 31 heavy (non-hydrogen) atoms. The number of nitrogens with zero attached hydrogens (tertiary/aromatic N) is 2. The maximum Gasteiger partial charge on any atom is 0.297 e. The number of hydrogen-bond donors (Lipinski definition) is 5. The number of nitrogens with one attached hydrogen (secondary N) is 2. The van der Waals surface area contributed by atoms with Gasteiger partial charge in [-0.15, -0.1) is 0 Å². The number of nitrogen functional groups attached to an aromatic ring is 2. The molecule has 0 bridgehead atoms. The normalized spacial score (nSPS) is 13.3. The highest BCUT2D eigenvalue weighted by Crippen LogP contribution is 2.31. The predicted octanol–water partition coefficient (Wildman–Crippen LogP) is -0.630. The van der Waals surface area contributed by atoms with E-state index in [0.29, 0.717) is 16.3 Å². The molecule has 0 radical (unpaired) electrons. The second kappa shape index (κ2) is 9.86. The van der Waals surface area contributed by atoms with Crippen molar-refractivity contribution in [2.75, 3.05) is 10.3 Å². The minimum Gasteiger partial charge on any atom is -0.308 e. The molecule has 1 aromatic heterocycles. The highest BCUT2D eigenvalue weighted by Gasteiger charge is 2.35. The van der Waals surface area contributed by atoms with Crippen LogP contribution in [0.25, 0.3) is 0 Å². The number of hydrogen-bond acceptors (Lipinski definition) is 10. The van der Waals surface area contributed by atoms with E-state index in [9.17, 15) is 32.1 Å². The Morgan fingerprint density at radius 3 is 2.23 bits per heavy atom. The number of pyridine rings is 1. The molecule has 0 saturated carbocycles. The zero-order valence-electron chi connectivity index (χ0n) is 15.8. The van der Waals surface area contributed by atoms with Crippen molar-refractivity contribution < 1.29 is 32.1 Å². The van der Waals surface area contributed by atoms with Crippen LogP contribution in [0.2, 0.25) is 0 Å². The first-order valence-electron chi connectivity index (χ1n) is 8.49. The Hall–Kier alpha value is -3.72. The molecule has 13 nitrogen and oxygen atoms in total. The Labute approximate surface area is 176 Å². The van der Waals surface area contributed by atoms with Crippen LogP contribution in [-0.2, 0) is 19.7 Å². The number of anilines is 2. The Balaban J connectivity index is 0.000000245. The van der Waals surface area contributed by atoms with Gasteiger partial charge in [-0.2, -0.15) is 8.42 Å². The Kier molecular flexibility index (Phi) is 7.49. The van der Waals surface area contributed by atoms with Crippen molar-refractivity contribution in [2.45, 2.75) is 17.7 Å². The number of hydrazine groups is 2. The van der Waals surface area contributed by atoms with Gasteiger partial charge in [-0.1, -0.05) is 12.1 Å². The van der Waals surface area contributed by atoms with E-state index < -0.39 is 26.8 Å². The summed E-state index contributed by atoms with van der Waals surface area (Å²) in [5.41, 5.74) is 4.11. The molecule has 1 saturated heterocycles. The number of nitrogens with two attached hydrogens (primary N) is 2. The first kappa shape index (κ1) is 23.6. The van der Waals surface area contributed by atoms with Crippen molar-refractivity contribution in [3.8, 4) is 0 Å². The van der Waals surface area contributed by atoms with Crippen molar-refractivity contribution in [3.63, 3.8) is 0 Å². The molecule has 1 fully saturated rings. The zero-order chi connectivity index (χ0) is 23.2. The van der Waals surface area contributed by atoms with E-state index in [0.717, 1.165) is 0 Å². The molecule has 3 rings (SSSR count). The lowest BCUT2D eigenvalue weighted by atomic mass is 10.2. The summed E-state index contributed by atoms with van der Waals surface area (Å²) in [5.74, 6) is 8.94. The van der Waals surface area contributed by atoms with E-state index in [1.54, 1.807) is 12.1 Å². The van der Waals surface area contributed by atoms with Crippen LogP contribution in [0, 0.1) is 0 Å². The van der Waals surface area contributed by atoms with E-state index in [-0.39, 0.29) is 36.3 Å². The number of imide groups is 1. The van der Waals surface area contributed by atoms with E-state index in [4.69, 9.17) is 11.7 Å². The fourth-order valence-electron chi connectivity index (χ4n) is 2.63. The Bertz CT molecular complexity index is 1100. The van der Waals surface area contributed by atoms with Crippen molar-refractivity contribution in [3.05, 3.63) is 47.7 Å². The molecule has 1 aliphatic heterocycles. The molecule has 0 atom stereocenters.